The number of thioether (sulfide) groups is 1. The summed E-state index contributed by atoms with van der Waals surface area (Å²) >= 11 is -0.145. The van der Waals surface area contributed by atoms with Crippen LogP contribution in [-0.2, 0) is 13.6 Å². The second kappa shape index (κ2) is 6.14. The summed E-state index contributed by atoms with van der Waals surface area (Å²) in [4.78, 5) is 0.126. The minimum absolute atomic E-state index is 0.126. The van der Waals surface area contributed by atoms with Crippen molar-refractivity contribution < 1.29 is 13.2 Å². The van der Waals surface area contributed by atoms with Gasteiger partial charge >= 0.3 is 5.51 Å². The highest BCUT2D eigenvalue weighted by molar-refractivity contribution is 8.00. The van der Waals surface area contributed by atoms with E-state index in [4.69, 9.17) is 5.26 Å². The van der Waals surface area contributed by atoms with E-state index in [2.05, 4.69) is 5.32 Å². The zero-order valence-electron chi connectivity index (χ0n) is 11.1. The molecule has 0 radical (unpaired) electrons. The molecule has 1 aromatic heterocycles. The van der Waals surface area contributed by atoms with Gasteiger partial charge in [-0.05, 0) is 35.5 Å². The first-order valence-corrected chi connectivity index (χ1v) is 6.84. The van der Waals surface area contributed by atoms with Gasteiger partial charge in [0.05, 0.1) is 0 Å². The zero-order valence-corrected chi connectivity index (χ0v) is 11.9. The van der Waals surface area contributed by atoms with Crippen molar-refractivity contribution in [2.75, 3.05) is 5.32 Å². The van der Waals surface area contributed by atoms with Gasteiger partial charge in [0.2, 0.25) is 0 Å². The Labute approximate surface area is 124 Å². The summed E-state index contributed by atoms with van der Waals surface area (Å²) in [6.45, 7) is 0.352. The average molecular weight is 311 g/mol. The zero-order chi connectivity index (χ0) is 15.5. The Morgan fingerprint density at radius 1 is 1.33 bits per heavy atom. The van der Waals surface area contributed by atoms with Gasteiger partial charge in [0.15, 0.2) is 0 Å². The summed E-state index contributed by atoms with van der Waals surface area (Å²) in [7, 11) is 1.75. The van der Waals surface area contributed by atoms with Crippen LogP contribution in [-0.4, -0.2) is 10.1 Å². The van der Waals surface area contributed by atoms with Crippen LogP contribution in [0, 0.1) is 11.3 Å². The van der Waals surface area contributed by atoms with Crippen LogP contribution in [0.2, 0.25) is 0 Å². The van der Waals surface area contributed by atoms with E-state index < -0.39 is 5.51 Å². The Bertz CT molecular complexity index is 671. The van der Waals surface area contributed by atoms with Gasteiger partial charge < -0.3 is 9.88 Å². The van der Waals surface area contributed by atoms with Gasteiger partial charge in [0, 0.05) is 30.4 Å². The van der Waals surface area contributed by atoms with Crippen LogP contribution in [0.5, 0.6) is 0 Å². The van der Waals surface area contributed by atoms with Crippen molar-refractivity contribution in [2.24, 2.45) is 7.05 Å². The van der Waals surface area contributed by atoms with Crippen LogP contribution >= 0.6 is 11.8 Å². The number of nitriles is 1. The van der Waals surface area contributed by atoms with Gasteiger partial charge in [-0.15, -0.1) is 0 Å². The highest BCUT2D eigenvalue weighted by atomic mass is 32.2. The number of anilines is 1. The largest absolute Gasteiger partial charge is 0.446 e. The molecule has 0 saturated heterocycles. The maximum absolute atomic E-state index is 12.5. The first-order valence-electron chi connectivity index (χ1n) is 6.03. The monoisotopic (exact) mass is 311 g/mol. The number of aromatic nitrogens is 1. The number of alkyl halides is 3. The number of rotatable bonds is 4. The Balaban J connectivity index is 2.11. The third-order valence-corrected chi connectivity index (χ3v) is 3.58. The number of hydrogen-bond donors (Lipinski definition) is 1. The third-order valence-electron chi connectivity index (χ3n) is 2.77. The fraction of sp³-hybridized carbons (Fsp3) is 0.214. The standard InChI is InChI=1S/C14H12F3N3S/c1-20-9-10(6-11(20)7-18)8-19-12-4-2-3-5-13(12)21-14(15,16)17/h2-6,9,19H,8H2,1H3. The summed E-state index contributed by atoms with van der Waals surface area (Å²) in [6.07, 6.45) is 1.77. The van der Waals surface area contributed by atoms with Crippen LogP contribution < -0.4 is 5.32 Å². The summed E-state index contributed by atoms with van der Waals surface area (Å²) in [5.74, 6) is 0. The van der Waals surface area contributed by atoms with Gasteiger partial charge in [0.1, 0.15) is 11.8 Å². The van der Waals surface area contributed by atoms with Crippen LogP contribution in [0.15, 0.2) is 41.4 Å². The topological polar surface area (TPSA) is 40.8 Å². The molecular formula is C14H12F3N3S. The average Bonchev–Trinajstić information content (AvgIpc) is 2.76. The number of hydrogen-bond acceptors (Lipinski definition) is 3. The molecular weight excluding hydrogens is 299 g/mol. The Hall–Kier alpha value is -2.07. The number of halogens is 3. The van der Waals surface area contributed by atoms with Crippen LogP contribution in [0.4, 0.5) is 18.9 Å². The molecule has 0 aliphatic carbocycles. The van der Waals surface area contributed by atoms with E-state index in [0.717, 1.165) is 5.56 Å². The van der Waals surface area contributed by atoms with Crippen LogP contribution in [0.25, 0.3) is 0 Å². The van der Waals surface area contributed by atoms with Crippen molar-refractivity contribution in [1.82, 2.24) is 4.57 Å². The summed E-state index contributed by atoms with van der Waals surface area (Å²) in [5, 5.41) is 11.8. The predicted molar refractivity (Wildman–Crippen MR) is 75.8 cm³/mol. The number of benzene rings is 1. The van der Waals surface area contributed by atoms with Crippen molar-refractivity contribution in [3.8, 4) is 6.07 Å². The fourth-order valence-corrected chi connectivity index (χ4v) is 2.51. The van der Waals surface area contributed by atoms with Gasteiger partial charge in [0.25, 0.3) is 0 Å². The molecule has 0 spiro atoms. The third kappa shape index (κ3) is 4.20. The Kier molecular flexibility index (Phi) is 4.48. The maximum atomic E-state index is 12.5. The quantitative estimate of drug-likeness (QED) is 0.864. The molecule has 3 nitrogen and oxygen atoms in total. The lowest BCUT2D eigenvalue weighted by molar-refractivity contribution is -0.0327. The van der Waals surface area contributed by atoms with E-state index in [9.17, 15) is 13.2 Å². The lowest BCUT2D eigenvalue weighted by Crippen LogP contribution is -2.03. The van der Waals surface area contributed by atoms with Gasteiger partial charge in [-0.25, -0.2) is 0 Å². The Morgan fingerprint density at radius 3 is 2.67 bits per heavy atom. The molecule has 1 N–H and O–H groups in total. The highest BCUT2D eigenvalue weighted by Crippen LogP contribution is 2.40. The van der Waals surface area contributed by atoms with E-state index in [1.165, 1.54) is 6.07 Å². The molecule has 1 aromatic carbocycles. The molecule has 0 saturated carbocycles. The van der Waals surface area contributed by atoms with Gasteiger partial charge in [-0.3, -0.25) is 0 Å². The van der Waals surface area contributed by atoms with E-state index in [-0.39, 0.29) is 16.7 Å². The van der Waals surface area contributed by atoms with E-state index in [1.807, 2.05) is 6.07 Å². The predicted octanol–water partition coefficient (Wildman–Crippen LogP) is 4.12. The summed E-state index contributed by atoms with van der Waals surface area (Å²) < 4.78 is 39.1. The van der Waals surface area contributed by atoms with Crippen molar-refractivity contribution in [1.29, 1.82) is 5.26 Å². The molecule has 0 fully saturated rings. The normalized spacial score (nSPS) is 11.2. The van der Waals surface area contributed by atoms with E-state index in [0.29, 0.717) is 17.9 Å². The maximum Gasteiger partial charge on any atom is 0.446 e. The SMILES string of the molecule is Cn1cc(CNc2ccccc2SC(F)(F)F)cc1C#N. The molecule has 2 rings (SSSR count). The molecule has 0 amide bonds. The van der Waals surface area contributed by atoms with Gasteiger partial charge in [-0.1, -0.05) is 12.1 Å². The molecule has 0 bridgehead atoms. The van der Waals surface area contributed by atoms with Gasteiger partial charge in [-0.2, -0.15) is 18.4 Å². The smallest absolute Gasteiger partial charge is 0.380 e. The Morgan fingerprint density at radius 2 is 2.05 bits per heavy atom. The lowest BCUT2D eigenvalue weighted by atomic mass is 10.3. The molecule has 2 aromatic rings. The van der Waals surface area contributed by atoms with Crippen molar-refractivity contribution >= 4 is 17.4 Å². The van der Waals surface area contributed by atoms with Crippen LogP contribution in [0.1, 0.15) is 11.3 Å². The molecule has 7 heteroatoms. The molecule has 0 atom stereocenters. The second-order valence-corrected chi connectivity index (χ2v) is 5.46. The number of para-hydroxylation sites is 1. The second-order valence-electron chi connectivity index (χ2n) is 4.35. The fourth-order valence-electron chi connectivity index (χ4n) is 1.86. The van der Waals surface area contributed by atoms with Crippen LogP contribution in [0.3, 0.4) is 0 Å². The highest BCUT2D eigenvalue weighted by Gasteiger charge is 2.30. The lowest BCUT2D eigenvalue weighted by Gasteiger charge is -2.12. The first-order chi connectivity index (χ1) is 9.89. The summed E-state index contributed by atoms with van der Waals surface area (Å²) in [6, 6.07) is 10.0. The minimum Gasteiger partial charge on any atom is -0.380 e. The molecule has 0 aliphatic heterocycles. The number of aryl methyl sites for hydroxylation is 1. The van der Waals surface area contributed by atoms with E-state index in [1.54, 1.807) is 42.1 Å². The van der Waals surface area contributed by atoms with Crippen molar-refractivity contribution in [3.63, 3.8) is 0 Å². The molecule has 1 heterocycles. The molecule has 0 unspecified atom stereocenters. The number of nitrogens with zero attached hydrogens (tertiary/aromatic N) is 2. The molecule has 110 valence electrons. The molecule has 21 heavy (non-hydrogen) atoms. The van der Waals surface area contributed by atoms with E-state index >= 15 is 0 Å². The molecule has 0 aliphatic rings. The summed E-state index contributed by atoms with van der Waals surface area (Å²) in [5.41, 5.74) is -2.56. The first kappa shape index (κ1) is 15.3. The van der Waals surface area contributed by atoms with Crippen molar-refractivity contribution in [3.05, 3.63) is 47.8 Å². The van der Waals surface area contributed by atoms with Crippen molar-refractivity contribution in [2.45, 2.75) is 16.9 Å². The number of nitrogens with one attached hydrogen (secondary N) is 1. The minimum atomic E-state index is -4.32.